The van der Waals surface area contributed by atoms with Gasteiger partial charge >= 0.3 is 6.18 Å². The number of aromatic nitrogens is 1. The molecular formula is C27H31F3N4O. The van der Waals surface area contributed by atoms with Gasteiger partial charge in [0.2, 0.25) is 5.91 Å². The van der Waals surface area contributed by atoms with E-state index in [9.17, 15) is 18.0 Å². The zero-order valence-electron chi connectivity index (χ0n) is 19.6. The Bertz CT molecular complexity index is 1150. The molecule has 1 amide bonds. The average molecular weight is 485 g/mol. The van der Waals surface area contributed by atoms with Crippen molar-refractivity contribution in [2.45, 2.75) is 37.9 Å². The third kappa shape index (κ3) is 7.11. The molecule has 0 atom stereocenters. The molecule has 1 aliphatic rings. The lowest BCUT2D eigenvalue weighted by molar-refractivity contribution is -0.137. The number of hydrogen-bond donors (Lipinski definition) is 3. The summed E-state index contributed by atoms with van der Waals surface area (Å²) in [6, 6.07) is 13.5. The average Bonchev–Trinajstić information content (AvgIpc) is 3.26. The van der Waals surface area contributed by atoms with Crippen LogP contribution in [0.1, 0.15) is 36.8 Å². The van der Waals surface area contributed by atoms with Crippen molar-refractivity contribution in [1.82, 2.24) is 15.2 Å². The summed E-state index contributed by atoms with van der Waals surface area (Å²) < 4.78 is 38.7. The van der Waals surface area contributed by atoms with Crippen molar-refractivity contribution in [3.63, 3.8) is 0 Å². The number of benzene rings is 2. The number of hydrogen-bond acceptors (Lipinski definition) is 3. The molecule has 8 heteroatoms. The molecule has 2 heterocycles. The molecule has 0 aliphatic carbocycles. The van der Waals surface area contributed by atoms with Crippen LogP contribution in [-0.4, -0.2) is 48.0 Å². The largest absolute Gasteiger partial charge is 0.416 e. The summed E-state index contributed by atoms with van der Waals surface area (Å²) in [7, 11) is 0. The number of aromatic amines is 1. The molecule has 1 aromatic heterocycles. The molecule has 3 N–H and O–H groups in total. The first kappa shape index (κ1) is 24.9. The van der Waals surface area contributed by atoms with Gasteiger partial charge in [-0.05, 0) is 68.1 Å². The number of anilines is 1. The molecule has 1 aliphatic heterocycles. The van der Waals surface area contributed by atoms with Gasteiger partial charge in [-0.3, -0.25) is 4.79 Å². The highest BCUT2D eigenvalue weighted by Gasteiger charge is 2.30. The van der Waals surface area contributed by atoms with Gasteiger partial charge in [0.05, 0.1) is 5.56 Å². The lowest BCUT2D eigenvalue weighted by atomic mass is 10.0. The van der Waals surface area contributed by atoms with E-state index in [1.807, 2.05) is 36.5 Å². The number of nitrogens with one attached hydrogen (secondary N) is 3. The fourth-order valence-corrected chi connectivity index (χ4v) is 4.45. The quantitative estimate of drug-likeness (QED) is 0.271. The number of carbonyl (C=O) groups is 1. The highest BCUT2D eigenvalue weighted by molar-refractivity contribution is 5.96. The number of nitrogens with zero attached hydrogens (tertiary/aromatic N) is 1. The van der Waals surface area contributed by atoms with Gasteiger partial charge in [-0.25, -0.2) is 0 Å². The van der Waals surface area contributed by atoms with Gasteiger partial charge in [0.15, 0.2) is 0 Å². The van der Waals surface area contributed by atoms with E-state index in [-0.39, 0.29) is 11.9 Å². The normalized spacial score (nSPS) is 15.6. The van der Waals surface area contributed by atoms with Crippen molar-refractivity contribution in [3.8, 4) is 0 Å². The Morgan fingerprint density at radius 3 is 2.69 bits per heavy atom. The standard InChI is InChI=1S/C27H31F3N4O/c28-27(29,30)21-6-5-7-23(18-21)33-22-12-16-34(17-13-22)15-4-3-14-31-26(35)11-10-20-19-32-25-9-2-1-8-24(20)25/h1-2,5-11,18-19,22,32-33H,3-4,12-17H2,(H,31,35)/b11-10+. The molecule has 3 aromatic rings. The molecule has 0 spiro atoms. The predicted molar refractivity (Wildman–Crippen MR) is 134 cm³/mol. The highest BCUT2D eigenvalue weighted by atomic mass is 19.4. The van der Waals surface area contributed by atoms with Gasteiger partial charge in [0, 0.05) is 54.5 Å². The van der Waals surface area contributed by atoms with E-state index in [0.29, 0.717) is 12.2 Å². The van der Waals surface area contributed by atoms with E-state index >= 15 is 0 Å². The van der Waals surface area contributed by atoms with E-state index in [1.54, 1.807) is 12.1 Å². The summed E-state index contributed by atoms with van der Waals surface area (Å²) in [5.74, 6) is -0.100. The predicted octanol–water partition coefficient (Wildman–Crippen LogP) is 5.67. The third-order valence-corrected chi connectivity index (χ3v) is 6.38. The Kier molecular flexibility index (Phi) is 8.13. The highest BCUT2D eigenvalue weighted by Crippen LogP contribution is 2.31. The number of piperidine rings is 1. The van der Waals surface area contributed by atoms with Crippen molar-refractivity contribution >= 4 is 28.6 Å². The molecule has 186 valence electrons. The minimum Gasteiger partial charge on any atom is -0.382 e. The van der Waals surface area contributed by atoms with Crippen LogP contribution in [-0.2, 0) is 11.0 Å². The van der Waals surface area contributed by atoms with Crippen molar-refractivity contribution in [3.05, 3.63) is 71.9 Å². The first-order chi connectivity index (χ1) is 16.9. The number of halogens is 3. The van der Waals surface area contributed by atoms with Gasteiger partial charge < -0.3 is 20.5 Å². The van der Waals surface area contributed by atoms with Crippen molar-refractivity contribution in [2.75, 3.05) is 31.5 Å². The topological polar surface area (TPSA) is 60.2 Å². The fraction of sp³-hybridized carbons (Fsp3) is 0.370. The van der Waals surface area contributed by atoms with Crippen LogP contribution >= 0.6 is 0 Å². The Balaban J connectivity index is 1.10. The van der Waals surface area contributed by atoms with Crippen LogP contribution in [0, 0.1) is 0 Å². The Morgan fingerprint density at radius 2 is 1.89 bits per heavy atom. The summed E-state index contributed by atoms with van der Waals surface area (Å²) >= 11 is 0. The number of para-hydroxylation sites is 1. The minimum absolute atomic E-state index is 0.100. The molecule has 5 nitrogen and oxygen atoms in total. The fourth-order valence-electron chi connectivity index (χ4n) is 4.45. The second-order valence-corrected chi connectivity index (χ2v) is 8.96. The van der Waals surface area contributed by atoms with E-state index < -0.39 is 11.7 Å². The van der Waals surface area contributed by atoms with Gasteiger partial charge in [-0.2, -0.15) is 13.2 Å². The molecule has 1 saturated heterocycles. The number of carbonyl (C=O) groups excluding carboxylic acids is 1. The second-order valence-electron chi connectivity index (χ2n) is 8.96. The number of rotatable bonds is 9. The van der Waals surface area contributed by atoms with Crippen molar-refractivity contribution in [1.29, 1.82) is 0 Å². The van der Waals surface area contributed by atoms with E-state index in [4.69, 9.17) is 0 Å². The van der Waals surface area contributed by atoms with Crippen LogP contribution in [0.4, 0.5) is 18.9 Å². The van der Waals surface area contributed by atoms with Crippen LogP contribution in [0.15, 0.2) is 60.8 Å². The summed E-state index contributed by atoms with van der Waals surface area (Å²) in [5.41, 5.74) is 1.93. The van der Waals surface area contributed by atoms with Crippen LogP contribution in [0.25, 0.3) is 17.0 Å². The third-order valence-electron chi connectivity index (χ3n) is 6.38. The second kappa shape index (κ2) is 11.4. The summed E-state index contributed by atoms with van der Waals surface area (Å²) in [4.78, 5) is 17.7. The molecule has 0 saturated carbocycles. The summed E-state index contributed by atoms with van der Waals surface area (Å²) in [5, 5.41) is 7.28. The molecular weight excluding hydrogens is 453 g/mol. The Morgan fingerprint density at radius 1 is 1.09 bits per heavy atom. The van der Waals surface area contributed by atoms with Crippen LogP contribution < -0.4 is 10.6 Å². The molecule has 0 unspecified atom stereocenters. The lowest BCUT2D eigenvalue weighted by Crippen LogP contribution is -2.39. The molecule has 0 radical (unpaired) electrons. The number of unbranched alkanes of at least 4 members (excludes halogenated alkanes) is 1. The maximum absolute atomic E-state index is 12.9. The van der Waals surface area contributed by atoms with E-state index in [1.165, 1.54) is 12.1 Å². The van der Waals surface area contributed by atoms with Crippen LogP contribution in [0.2, 0.25) is 0 Å². The van der Waals surface area contributed by atoms with Gasteiger partial charge in [0.1, 0.15) is 0 Å². The zero-order valence-corrected chi connectivity index (χ0v) is 19.6. The molecule has 4 rings (SSSR count). The maximum atomic E-state index is 12.9. The van der Waals surface area contributed by atoms with E-state index in [2.05, 4.69) is 20.5 Å². The molecule has 2 aromatic carbocycles. The number of H-pyrrole nitrogens is 1. The Hall–Kier alpha value is -3.26. The summed E-state index contributed by atoms with van der Waals surface area (Å²) in [6.07, 6.45) is 4.63. The maximum Gasteiger partial charge on any atom is 0.416 e. The first-order valence-electron chi connectivity index (χ1n) is 12.1. The smallest absolute Gasteiger partial charge is 0.382 e. The summed E-state index contributed by atoms with van der Waals surface area (Å²) in [6.45, 7) is 3.41. The van der Waals surface area contributed by atoms with Gasteiger partial charge in [-0.1, -0.05) is 24.3 Å². The van der Waals surface area contributed by atoms with Gasteiger partial charge in [-0.15, -0.1) is 0 Å². The molecule has 0 bridgehead atoms. The monoisotopic (exact) mass is 484 g/mol. The molecule has 1 fully saturated rings. The Labute approximate surface area is 203 Å². The van der Waals surface area contributed by atoms with Crippen molar-refractivity contribution < 1.29 is 18.0 Å². The minimum atomic E-state index is -4.33. The SMILES string of the molecule is O=C(/C=C/c1c[nH]c2ccccc12)NCCCCN1CCC(Nc2cccc(C(F)(F)F)c2)CC1. The first-order valence-corrected chi connectivity index (χ1v) is 12.1. The van der Waals surface area contributed by atoms with Crippen LogP contribution in [0.5, 0.6) is 0 Å². The van der Waals surface area contributed by atoms with Crippen LogP contribution in [0.3, 0.4) is 0 Å². The van der Waals surface area contributed by atoms with E-state index in [0.717, 1.165) is 67.9 Å². The number of alkyl halides is 3. The molecule has 35 heavy (non-hydrogen) atoms. The number of fused-ring (bicyclic) bond motifs is 1. The van der Waals surface area contributed by atoms with Gasteiger partial charge in [0.25, 0.3) is 0 Å². The lowest BCUT2D eigenvalue weighted by Gasteiger charge is -2.33. The van der Waals surface area contributed by atoms with Crippen molar-refractivity contribution in [2.24, 2.45) is 0 Å². The zero-order chi connectivity index (χ0) is 24.7. The number of likely N-dealkylation sites (tertiary alicyclic amines) is 1. The number of amides is 1.